The van der Waals surface area contributed by atoms with Gasteiger partial charge in [0, 0.05) is 0 Å². The SMILES string of the molecule is Cc1c[c]c2c(c1)CC=C2. The molecular weight excluding hydrogens is 120 g/mol. The number of benzene rings is 1. The van der Waals surface area contributed by atoms with E-state index in [9.17, 15) is 0 Å². The summed E-state index contributed by atoms with van der Waals surface area (Å²) in [5, 5.41) is 0. The van der Waals surface area contributed by atoms with Crippen molar-refractivity contribution in [3.05, 3.63) is 41.0 Å². The van der Waals surface area contributed by atoms with Crippen molar-refractivity contribution in [2.45, 2.75) is 13.3 Å². The Morgan fingerprint density at radius 3 is 3.30 bits per heavy atom. The van der Waals surface area contributed by atoms with E-state index in [4.69, 9.17) is 0 Å². The summed E-state index contributed by atoms with van der Waals surface area (Å²) in [4.78, 5) is 0. The molecule has 0 saturated carbocycles. The standard InChI is InChI=1S/C10H9/c1-8-5-6-9-3-2-4-10(9)7-8/h2-3,5,7H,4H2,1H3. The molecule has 10 heavy (non-hydrogen) atoms. The van der Waals surface area contributed by atoms with Crippen molar-refractivity contribution in [2.24, 2.45) is 0 Å². The molecule has 0 N–H and O–H groups in total. The summed E-state index contributed by atoms with van der Waals surface area (Å²) in [6, 6.07) is 7.49. The zero-order valence-electron chi connectivity index (χ0n) is 6.02. The molecule has 0 bridgehead atoms. The van der Waals surface area contributed by atoms with Gasteiger partial charge in [0.15, 0.2) is 0 Å². The van der Waals surface area contributed by atoms with Gasteiger partial charge in [-0.15, -0.1) is 0 Å². The van der Waals surface area contributed by atoms with Crippen LogP contribution in [-0.2, 0) is 6.42 Å². The van der Waals surface area contributed by atoms with Crippen molar-refractivity contribution < 1.29 is 0 Å². The molecule has 1 aromatic carbocycles. The van der Waals surface area contributed by atoms with Gasteiger partial charge in [0.2, 0.25) is 0 Å². The molecule has 1 aliphatic carbocycles. The molecule has 2 rings (SSSR count). The first-order valence-electron chi connectivity index (χ1n) is 3.54. The number of fused-ring (bicyclic) bond motifs is 1. The Kier molecular flexibility index (Phi) is 1.13. The Hall–Kier alpha value is -1.04. The van der Waals surface area contributed by atoms with Crippen LogP contribution in [0.4, 0.5) is 0 Å². The summed E-state index contributed by atoms with van der Waals surface area (Å²) in [6.45, 7) is 2.11. The highest BCUT2D eigenvalue weighted by molar-refractivity contribution is 5.59. The van der Waals surface area contributed by atoms with Gasteiger partial charge in [-0.3, -0.25) is 0 Å². The lowest BCUT2D eigenvalue weighted by Gasteiger charge is -1.97. The Bertz CT molecular complexity index is 282. The number of aryl methyl sites for hydroxylation is 1. The van der Waals surface area contributed by atoms with E-state index in [0.29, 0.717) is 0 Å². The lowest BCUT2D eigenvalue weighted by atomic mass is 10.1. The third kappa shape index (κ3) is 0.766. The van der Waals surface area contributed by atoms with Gasteiger partial charge in [0.25, 0.3) is 0 Å². The quantitative estimate of drug-likeness (QED) is 0.504. The predicted molar refractivity (Wildman–Crippen MR) is 42.8 cm³/mol. The first kappa shape index (κ1) is 5.72. The first-order valence-corrected chi connectivity index (χ1v) is 3.54. The highest BCUT2D eigenvalue weighted by Crippen LogP contribution is 2.19. The normalized spacial score (nSPS) is 13.7. The Morgan fingerprint density at radius 2 is 2.40 bits per heavy atom. The van der Waals surface area contributed by atoms with Crippen LogP contribution in [0.3, 0.4) is 0 Å². The van der Waals surface area contributed by atoms with Crippen molar-refractivity contribution in [1.29, 1.82) is 0 Å². The van der Waals surface area contributed by atoms with E-state index < -0.39 is 0 Å². The van der Waals surface area contributed by atoms with Crippen LogP contribution < -0.4 is 0 Å². The van der Waals surface area contributed by atoms with Crippen molar-refractivity contribution in [1.82, 2.24) is 0 Å². The third-order valence-corrected chi connectivity index (χ3v) is 1.83. The molecule has 0 amide bonds. The highest BCUT2D eigenvalue weighted by Gasteiger charge is 2.02. The molecule has 0 spiro atoms. The van der Waals surface area contributed by atoms with Crippen LogP contribution in [0.1, 0.15) is 16.7 Å². The predicted octanol–water partition coefficient (Wildman–Crippen LogP) is 2.36. The Labute approximate surface area is 61.2 Å². The van der Waals surface area contributed by atoms with E-state index >= 15 is 0 Å². The molecule has 0 saturated heterocycles. The molecule has 0 heteroatoms. The maximum Gasteiger partial charge on any atom is -0.00878 e. The second kappa shape index (κ2) is 1.98. The summed E-state index contributed by atoms with van der Waals surface area (Å²) in [7, 11) is 0. The van der Waals surface area contributed by atoms with E-state index in [2.05, 4.69) is 31.2 Å². The van der Waals surface area contributed by atoms with Gasteiger partial charge in [-0.05, 0) is 30.5 Å². The minimum absolute atomic E-state index is 1.09. The number of hydrogen-bond donors (Lipinski definition) is 0. The van der Waals surface area contributed by atoms with Crippen molar-refractivity contribution in [3.63, 3.8) is 0 Å². The van der Waals surface area contributed by atoms with E-state index in [1.54, 1.807) is 0 Å². The molecular formula is C10H9. The molecule has 0 atom stereocenters. The summed E-state index contributed by atoms with van der Waals surface area (Å²) in [5.74, 6) is 0. The minimum Gasteiger partial charge on any atom is -0.0795 e. The number of rotatable bonds is 0. The van der Waals surface area contributed by atoms with Crippen LogP contribution in [0.2, 0.25) is 0 Å². The van der Waals surface area contributed by atoms with Gasteiger partial charge in [0.05, 0.1) is 0 Å². The fourth-order valence-corrected chi connectivity index (χ4v) is 1.31. The molecule has 1 aromatic rings. The van der Waals surface area contributed by atoms with Crippen LogP contribution in [0.5, 0.6) is 0 Å². The summed E-state index contributed by atoms with van der Waals surface area (Å²) >= 11 is 0. The van der Waals surface area contributed by atoms with E-state index in [-0.39, 0.29) is 0 Å². The second-order valence-corrected chi connectivity index (χ2v) is 2.72. The second-order valence-electron chi connectivity index (χ2n) is 2.72. The molecule has 1 radical (unpaired) electrons. The van der Waals surface area contributed by atoms with Gasteiger partial charge in [-0.2, -0.15) is 0 Å². The van der Waals surface area contributed by atoms with Gasteiger partial charge in [0.1, 0.15) is 0 Å². The highest BCUT2D eigenvalue weighted by atomic mass is 14.1. The minimum atomic E-state index is 1.09. The third-order valence-electron chi connectivity index (χ3n) is 1.83. The molecule has 0 aliphatic heterocycles. The molecule has 0 nitrogen and oxygen atoms in total. The van der Waals surface area contributed by atoms with Crippen molar-refractivity contribution >= 4 is 6.08 Å². The van der Waals surface area contributed by atoms with Crippen LogP contribution in [-0.4, -0.2) is 0 Å². The average molecular weight is 129 g/mol. The Balaban J connectivity index is 2.59. The summed E-state index contributed by atoms with van der Waals surface area (Å²) < 4.78 is 0. The van der Waals surface area contributed by atoms with Crippen LogP contribution >= 0.6 is 0 Å². The lowest BCUT2D eigenvalue weighted by Crippen LogP contribution is -1.82. The largest absolute Gasteiger partial charge is 0.0795 e. The van der Waals surface area contributed by atoms with Crippen molar-refractivity contribution in [2.75, 3.05) is 0 Å². The smallest absolute Gasteiger partial charge is 0.00878 e. The van der Waals surface area contributed by atoms with Gasteiger partial charge in [-0.1, -0.05) is 29.8 Å². The number of hydrogen-bond acceptors (Lipinski definition) is 0. The molecule has 0 heterocycles. The van der Waals surface area contributed by atoms with E-state index in [0.717, 1.165) is 6.42 Å². The van der Waals surface area contributed by atoms with Gasteiger partial charge in [-0.25, -0.2) is 0 Å². The first-order chi connectivity index (χ1) is 4.86. The fraction of sp³-hybridized carbons (Fsp3) is 0.200. The van der Waals surface area contributed by atoms with Gasteiger partial charge < -0.3 is 0 Å². The summed E-state index contributed by atoms with van der Waals surface area (Å²) in [6.07, 6.45) is 5.41. The molecule has 0 aromatic heterocycles. The molecule has 0 fully saturated rings. The molecule has 0 unspecified atom stereocenters. The van der Waals surface area contributed by atoms with E-state index in [1.807, 2.05) is 6.07 Å². The monoisotopic (exact) mass is 129 g/mol. The van der Waals surface area contributed by atoms with Crippen LogP contribution in [0.25, 0.3) is 6.08 Å². The average Bonchev–Trinajstić information content (AvgIpc) is 2.33. The van der Waals surface area contributed by atoms with Crippen molar-refractivity contribution in [3.8, 4) is 0 Å². The summed E-state index contributed by atoms with van der Waals surface area (Å²) in [5.41, 5.74) is 3.99. The lowest BCUT2D eigenvalue weighted by molar-refractivity contribution is 1.28. The van der Waals surface area contributed by atoms with Crippen LogP contribution in [0, 0.1) is 13.0 Å². The maximum absolute atomic E-state index is 3.23. The molecule has 49 valence electrons. The van der Waals surface area contributed by atoms with Gasteiger partial charge >= 0.3 is 0 Å². The zero-order valence-corrected chi connectivity index (χ0v) is 6.02. The van der Waals surface area contributed by atoms with Crippen LogP contribution in [0.15, 0.2) is 18.2 Å². The Morgan fingerprint density at radius 1 is 1.50 bits per heavy atom. The number of allylic oxidation sites excluding steroid dienone is 1. The molecule has 1 aliphatic rings. The topological polar surface area (TPSA) is 0 Å². The fourth-order valence-electron chi connectivity index (χ4n) is 1.31. The zero-order chi connectivity index (χ0) is 6.97. The van der Waals surface area contributed by atoms with E-state index in [1.165, 1.54) is 16.7 Å². The maximum atomic E-state index is 3.23.